The van der Waals surface area contributed by atoms with Crippen molar-refractivity contribution in [2.45, 2.75) is 46.6 Å². The number of rotatable bonds is 7. The highest BCUT2D eigenvalue weighted by Crippen LogP contribution is 2.31. The van der Waals surface area contributed by atoms with Gasteiger partial charge in [-0.2, -0.15) is 0 Å². The van der Waals surface area contributed by atoms with E-state index in [9.17, 15) is 14.3 Å². The summed E-state index contributed by atoms with van der Waals surface area (Å²) in [6.45, 7) is 9.51. The van der Waals surface area contributed by atoms with Crippen molar-refractivity contribution in [3.63, 3.8) is 0 Å². The second-order valence-corrected chi connectivity index (χ2v) is 9.32. The van der Waals surface area contributed by atoms with E-state index < -0.39 is 17.6 Å². The fourth-order valence-corrected chi connectivity index (χ4v) is 3.76. The van der Waals surface area contributed by atoms with Crippen LogP contribution in [0.1, 0.15) is 50.8 Å². The summed E-state index contributed by atoms with van der Waals surface area (Å²) in [6.07, 6.45) is 3.91. The first-order valence-electron chi connectivity index (χ1n) is 11.5. The van der Waals surface area contributed by atoms with Crippen molar-refractivity contribution < 1.29 is 23.4 Å². The van der Waals surface area contributed by atoms with E-state index in [0.717, 1.165) is 0 Å². The molecule has 0 heterocycles. The fraction of sp³-hybridized carbons (Fsp3) is 0.233. The largest absolute Gasteiger partial charge is 0.488 e. The Bertz CT molecular complexity index is 1280. The van der Waals surface area contributed by atoms with Crippen LogP contribution >= 0.6 is 0 Å². The van der Waals surface area contributed by atoms with Crippen LogP contribution in [0.3, 0.4) is 0 Å². The molecule has 3 aromatic rings. The van der Waals surface area contributed by atoms with Gasteiger partial charge in [-0.3, -0.25) is 0 Å². The Hall–Kier alpha value is -3.73. The van der Waals surface area contributed by atoms with Crippen LogP contribution in [0, 0.1) is 18.6 Å². The van der Waals surface area contributed by atoms with E-state index in [2.05, 4.69) is 0 Å². The smallest absolute Gasteiger partial charge is 0.336 e. The van der Waals surface area contributed by atoms with Crippen LogP contribution in [-0.4, -0.2) is 16.7 Å². The van der Waals surface area contributed by atoms with Gasteiger partial charge in [0.05, 0.1) is 5.57 Å². The van der Waals surface area contributed by atoms with Gasteiger partial charge in [0.2, 0.25) is 0 Å². The maximum Gasteiger partial charge on any atom is 0.336 e. The molecule has 0 saturated heterocycles. The second kappa shape index (κ2) is 10.7. The Labute approximate surface area is 205 Å². The van der Waals surface area contributed by atoms with Gasteiger partial charge in [-0.25, -0.2) is 13.6 Å². The molecular weight excluding hydrogens is 446 g/mol. The van der Waals surface area contributed by atoms with Crippen molar-refractivity contribution in [1.82, 2.24) is 0 Å². The Morgan fingerprint density at radius 3 is 2.26 bits per heavy atom. The lowest BCUT2D eigenvalue weighted by Crippen LogP contribution is -2.22. The number of halogens is 2. The summed E-state index contributed by atoms with van der Waals surface area (Å²) in [7, 11) is 0. The van der Waals surface area contributed by atoms with Gasteiger partial charge in [-0.1, -0.05) is 43.3 Å². The average molecular weight is 477 g/mol. The number of ether oxygens (including phenoxy) is 1. The van der Waals surface area contributed by atoms with Crippen molar-refractivity contribution in [1.29, 1.82) is 0 Å². The standard InChI is InChI=1S/C30H30F2O3/c1-6-7-21(16-27(29(33)34)26-18-23(31)12-8-19(26)2)22-11-15-25(28(32)17-22)20-9-13-24(14-10-20)35-30(3,4)5/h7-18H,6H2,1-5H3,(H,33,34)/b21-7-,27-16+. The summed E-state index contributed by atoms with van der Waals surface area (Å²) in [5.41, 5.74) is 2.75. The minimum Gasteiger partial charge on any atom is -0.488 e. The topological polar surface area (TPSA) is 46.5 Å². The minimum absolute atomic E-state index is 0.0550. The molecule has 182 valence electrons. The van der Waals surface area contributed by atoms with Crippen LogP contribution in [0.5, 0.6) is 5.75 Å². The van der Waals surface area contributed by atoms with Crippen LogP contribution < -0.4 is 4.74 Å². The Kier molecular flexibility index (Phi) is 7.90. The second-order valence-electron chi connectivity index (χ2n) is 9.32. The highest BCUT2D eigenvalue weighted by molar-refractivity contribution is 6.18. The maximum absolute atomic E-state index is 15.2. The molecular formula is C30H30F2O3. The Balaban J connectivity index is 1.99. The minimum atomic E-state index is -1.18. The number of carboxylic acid groups (broad SMARTS) is 1. The highest BCUT2D eigenvalue weighted by Gasteiger charge is 2.17. The molecule has 3 rings (SSSR count). The molecule has 1 N–H and O–H groups in total. The van der Waals surface area contributed by atoms with E-state index in [4.69, 9.17) is 4.74 Å². The Morgan fingerprint density at radius 1 is 1.00 bits per heavy atom. The molecule has 0 unspecified atom stereocenters. The summed E-state index contributed by atoms with van der Waals surface area (Å²) in [5, 5.41) is 9.84. The van der Waals surface area contributed by atoms with E-state index >= 15 is 4.39 Å². The van der Waals surface area contributed by atoms with Gasteiger partial charge >= 0.3 is 5.97 Å². The quantitative estimate of drug-likeness (QED) is 0.277. The molecule has 3 nitrogen and oxygen atoms in total. The van der Waals surface area contributed by atoms with Crippen molar-refractivity contribution in [2.24, 2.45) is 0 Å². The number of allylic oxidation sites excluding steroid dienone is 3. The lowest BCUT2D eigenvalue weighted by atomic mass is 9.94. The normalized spacial score (nSPS) is 12.5. The molecule has 5 heteroatoms. The molecule has 0 amide bonds. The molecule has 0 aliphatic carbocycles. The maximum atomic E-state index is 15.2. The van der Waals surface area contributed by atoms with E-state index in [-0.39, 0.29) is 16.7 Å². The average Bonchev–Trinajstić information content (AvgIpc) is 2.78. The zero-order chi connectivity index (χ0) is 25.8. The number of carbonyl (C=O) groups is 1. The SMILES string of the molecule is CC/C=C(/C=C(/C(=O)O)c1cc(F)ccc1C)c1ccc(-c2ccc(OC(C)(C)C)cc2)c(F)c1. The molecule has 0 atom stereocenters. The molecule has 35 heavy (non-hydrogen) atoms. The summed E-state index contributed by atoms with van der Waals surface area (Å²) in [5.74, 6) is -1.44. The first-order valence-corrected chi connectivity index (χ1v) is 11.5. The summed E-state index contributed by atoms with van der Waals surface area (Å²) >= 11 is 0. The van der Waals surface area contributed by atoms with Crippen molar-refractivity contribution in [3.8, 4) is 16.9 Å². The molecule has 0 fully saturated rings. The number of carboxylic acids is 1. The third kappa shape index (κ3) is 6.66. The van der Waals surface area contributed by atoms with Crippen LogP contribution in [0.25, 0.3) is 22.3 Å². The number of benzene rings is 3. The number of aliphatic carboxylic acids is 1. The van der Waals surface area contributed by atoms with E-state index in [1.807, 2.05) is 33.8 Å². The van der Waals surface area contributed by atoms with Crippen molar-refractivity contribution in [3.05, 3.63) is 101 Å². The predicted octanol–water partition coefficient (Wildman–Crippen LogP) is 8.08. The monoisotopic (exact) mass is 476 g/mol. The molecule has 0 radical (unpaired) electrons. The van der Waals surface area contributed by atoms with Crippen molar-refractivity contribution >= 4 is 17.1 Å². The van der Waals surface area contributed by atoms with Crippen LogP contribution in [0.15, 0.2) is 72.8 Å². The third-order valence-corrected chi connectivity index (χ3v) is 5.34. The lowest BCUT2D eigenvalue weighted by Gasteiger charge is -2.21. The van der Waals surface area contributed by atoms with E-state index in [1.54, 1.807) is 43.3 Å². The molecule has 0 aliphatic heterocycles. The van der Waals surface area contributed by atoms with Crippen LogP contribution in [0.4, 0.5) is 8.78 Å². The molecule has 0 spiro atoms. The summed E-state index contributed by atoms with van der Waals surface area (Å²) in [4.78, 5) is 12.1. The Morgan fingerprint density at radius 2 is 1.69 bits per heavy atom. The van der Waals surface area contributed by atoms with Gasteiger partial charge in [0.15, 0.2) is 0 Å². The van der Waals surface area contributed by atoms with Gasteiger partial charge < -0.3 is 9.84 Å². The summed E-state index contributed by atoms with van der Waals surface area (Å²) < 4.78 is 34.9. The third-order valence-electron chi connectivity index (χ3n) is 5.34. The van der Waals surface area contributed by atoms with E-state index in [1.165, 1.54) is 30.3 Å². The molecule has 0 aromatic heterocycles. The van der Waals surface area contributed by atoms with E-state index in [0.29, 0.717) is 40.0 Å². The van der Waals surface area contributed by atoms with Gasteiger partial charge in [0.25, 0.3) is 0 Å². The molecule has 0 saturated carbocycles. The molecule has 0 bridgehead atoms. The lowest BCUT2D eigenvalue weighted by molar-refractivity contribution is -0.130. The van der Waals surface area contributed by atoms with Gasteiger partial charge in [0, 0.05) is 5.56 Å². The molecule has 0 aliphatic rings. The summed E-state index contributed by atoms with van der Waals surface area (Å²) in [6, 6.07) is 16.1. The van der Waals surface area contributed by atoms with Crippen molar-refractivity contribution in [2.75, 3.05) is 0 Å². The molecule has 3 aromatic carbocycles. The number of aryl methyl sites for hydroxylation is 1. The number of hydrogen-bond donors (Lipinski definition) is 1. The fourth-order valence-electron chi connectivity index (χ4n) is 3.76. The highest BCUT2D eigenvalue weighted by atomic mass is 19.1. The first kappa shape index (κ1) is 25.9. The van der Waals surface area contributed by atoms with Crippen LogP contribution in [-0.2, 0) is 4.79 Å². The zero-order valence-electron chi connectivity index (χ0n) is 20.7. The zero-order valence-corrected chi connectivity index (χ0v) is 20.7. The van der Waals surface area contributed by atoms with Gasteiger partial charge in [0.1, 0.15) is 23.0 Å². The van der Waals surface area contributed by atoms with Gasteiger partial charge in [-0.15, -0.1) is 0 Å². The predicted molar refractivity (Wildman–Crippen MR) is 137 cm³/mol. The number of hydrogen-bond acceptors (Lipinski definition) is 2. The first-order chi connectivity index (χ1) is 16.5. The van der Waals surface area contributed by atoms with Crippen LogP contribution in [0.2, 0.25) is 0 Å². The van der Waals surface area contributed by atoms with Gasteiger partial charge in [-0.05, 0) is 98.4 Å².